The number of hydrogen-bond donors (Lipinski definition) is 1. The van der Waals surface area contributed by atoms with E-state index in [0.717, 1.165) is 4.57 Å². The molecular formula is C22H22FN3O5. The van der Waals surface area contributed by atoms with Crippen molar-refractivity contribution in [2.45, 2.75) is 27.4 Å². The van der Waals surface area contributed by atoms with Gasteiger partial charge in [0.05, 0.1) is 28.8 Å². The highest BCUT2D eigenvalue weighted by Crippen LogP contribution is 2.24. The Kier molecular flexibility index (Phi) is 6.33. The van der Waals surface area contributed by atoms with Gasteiger partial charge in [-0.1, -0.05) is 12.1 Å². The Morgan fingerprint density at radius 3 is 2.55 bits per heavy atom. The van der Waals surface area contributed by atoms with E-state index in [4.69, 9.17) is 9.47 Å². The summed E-state index contributed by atoms with van der Waals surface area (Å²) in [6.07, 6.45) is -0.723. The molecule has 0 fully saturated rings. The summed E-state index contributed by atoms with van der Waals surface area (Å²) in [4.78, 5) is 42.0. The predicted octanol–water partition coefficient (Wildman–Crippen LogP) is 3.17. The van der Waals surface area contributed by atoms with Crippen LogP contribution in [-0.4, -0.2) is 35.3 Å². The lowest BCUT2D eigenvalue weighted by molar-refractivity contribution is 0.0525. The molecule has 9 heteroatoms. The van der Waals surface area contributed by atoms with Crippen molar-refractivity contribution in [1.29, 1.82) is 0 Å². The Hall–Kier alpha value is -3.75. The summed E-state index contributed by atoms with van der Waals surface area (Å²) in [5.74, 6) is -1.17. The average Bonchev–Trinajstić information content (AvgIpc) is 2.72. The number of benzene rings is 2. The summed E-state index contributed by atoms with van der Waals surface area (Å²) >= 11 is 0. The monoisotopic (exact) mass is 427 g/mol. The molecule has 0 unspecified atom stereocenters. The molecular weight excluding hydrogens is 405 g/mol. The molecule has 1 aromatic heterocycles. The van der Waals surface area contributed by atoms with Crippen LogP contribution in [0.3, 0.4) is 0 Å². The van der Waals surface area contributed by atoms with Crippen molar-refractivity contribution in [1.82, 2.24) is 14.9 Å². The molecule has 1 N–H and O–H groups in total. The van der Waals surface area contributed by atoms with Gasteiger partial charge in [-0.25, -0.2) is 19.0 Å². The number of nitrogens with zero attached hydrogens (tertiary/aromatic N) is 2. The number of halogens is 1. The molecule has 1 heterocycles. The van der Waals surface area contributed by atoms with Gasteiger partial charge >= 0.3 is 12.1 Å². The van der Waals surface area contributed by atoms with Gasteiger partial charge in [-0.15, -0.1) is 0 Å². The van der Waals surface area contributed by atoms with Gasteiger partial charge in [0.25, 0.3) is 5.56 Å². The fraction of sp³-hybridized carbons (Fsp3) is 0.273. The first-order valence-corrected chi connectivity index (χ1v) is 9.62. The van der Waals surface area contributed by atoms with Crippen LogP contribution in [0.5, 0.6) is 0 Å². The molecule has 0 saturated carbocycles. The predicted molar refractivity (Wildman–Crippen MR) is 112 cm³/mol. The molecule has 31 heavy (non-hydrogen) atoms. The number of aromatic nitrogens is 2. The van der Waals surface area contributed by atoms with Gasteiger partial charge in [-0.2, -0.15) is 0 Å². The Morgan fingerprint density at radius 1 is 1.19 bits per heavy atom. The number of hydrogen-bond acceptors (Lipinski definition) is 6. The normalized spacial score (nSPS) is 10.7. The van der Waals surface area contributed by atoms with Crippen LogP contribution >= 0.6 is 0 Å². The van der Waals surface area contributed by atoms with Crippen LogP contribution in [0.25, 0.3) is 16.6 Å². The molecule has 0 bridgehead atoms. The number of nitrogens with one attached hydrogen (secondary N) is 1. The van der Waals surface area contributed by atoms with Gasteiger partial charge in [-0.3, -0.25) is 9.36 Å². The van der Waals surface area contributed by atoms with E-state index in [1.54, 1.807) is 32.9 Å². The number of esters is 1. The quantitative estimate of drug-likeness (QED) is 0.628. The number of ether oxygens (including phenoxy) is 2. The second kappa shape index (κ2) is 8.95. The number of alkyl carbamates (subject to hydrolysis) is 1. The third kappa shape index (κ3) is 4.11. The molecule has 162 valence electrons. The highest BCUT2D eigenvalue weighted by atomic mass is 19.1. The van der Waals surface area contributed by atoms with E-state index in [0.29, 0.717) is 16.6 Å². The molecule has 2 aromatic carbocycles. The van der Waals surface area contributed by atoms with Crippen LogP contribution in [0.4, 0.5) is 9.18 Å². The zero-order valence-electron chi connectivity index (χ0n) is 17.6. The van der Waals surface area contributed by atoms with Gasteiger partial charge < -0.3 is 14.8 Å². The smallest absolute Gasteiger partial charge is 0.407 e. The molecule has 8 nitrogen and oxygen atoms in total. The van der Waals surface area contributed by atoms with Crippen LogP contribution in [0.2, 0.25) is 0 Å². The molecule has 1 amide bonds. The first-order valence-electron chi connectivity index (χ1n) is 9.62. The van der Waals surface area contributed by atoms with Crippen molar-refractivity contribution >= 4 is 23.0 Å². The van der Waals surface area contributed by atoms with Crippen LogP contribution in [-0.2, 0) is 16.1 Å². The van der Waals surface area contributed by atoms with E-state index in [2.05, 4.69) is 10.3 Å². The van der Waals surface area contributed by atoms with E-state index in [1.807, 2.05) is 0 Å². The van der Waals surface area contributed by atoms with Crippen molar-refractivity contribution in [2.24, 2.45) is 0 Å². The zero-order chi connectivity index (χ0) is 22.7. The standard InChI is InChI=1S/C22H22FN3O5/c1-5-30-21(28)18-12(2)10-15-19(13(18)3)20(27)26(16-9-7-6-8-14(16)23)17(25-15)11-31-22(29)24-4/h6-10H,5,11H2,1-4H3,(H,24,29). The molecule has 0 radical (unpaired) electrons. The summed E-state index contributed by atoms with van der Waals surface area (Å²) in [5, 5.41) is 2.46. The lowest BCUT2D eigenvalue weighted by Gasteiger charge is -2.17. The number of carbonyl (C=O) groups is 2. The molecule has 3 rings (SSSR count). The van der Waals surface area contributed by atoms with Crippen molar-refractivity contribution in [2.75, 3.05) is 13.7 Å². The molecule has 0 saturated heterocycles. The van der Waals surface area contributed by atoms with Crippen LogP contribution in [0.1, 0.15) is 34.2 Å². The van der Waals surface area contributed by atoms with E-state index in [-0.39, 0.29) is 35.7 Å². The average molecular weight is 427 g/mol. The summed E-state index contributed by atoms with van der Waals surface area (Å²) in [7, 11) is 1.39. The van der Waals surface area contributed by atoms with Crippen molar-refractivity contribution in [3.05, 3.63) is 69.0 Å². The van der Waals surface area contributed by atoms with Gasteiger partial charge in [0.15, 0.2) is 12.4 Å². The minimum Gasteiger partial charge on any atom is -0.462 e. The van der Waals surface area contributed by atoms with E-state index in [9.17, 15) is 18.8 Å². The maximum atomic E-state index is 14.6. The van der Waals surface area contributed by atoms with Crippen LogP contribution in [0, 0.1) is 19.7 Å². The molecule has 0 atom stereocenters. The Morgan fingerprint density at radius 2 is 1.90 bits per heavy atom. The fourth-order valence-electron chi connectivity index (χ4n) is 3.44. The number of aryl methyl sites for hydroxylation is 2. The summed E-state index contributed by atoms with van der Waals surface area (Å²) in [6, 6.07) is 7.28. The van der Waals surface area contributed by atoms with Gasteiger partial charge in [0.2, 0.25) is 0 Å². The largest absolute Gasteiger partial charge is 0.462 e. The van der Waals surface area contributed by atoms with E-state index < -0.39 is 23.4 Å². The Labute approximate surface area is 177 Å². The zero-order valence-corrected chi connectivity index (χ0v) is 17.6. The molecule has 0 aliphatic carbocycles. The molecule has 0 aliphatic heterocycles. The minimum atomic E-state index is -0.723. The number of fused-ring (bicyclic) bond motifs is 1. The lowest BCUT2D eigenvalue weighted by Crippen LogP contribution is -2.28. The van der Waals surface area contributed by atoms with Crippen molar-refractivity contribution in [3.8, 4) is 5.69 Å². The van der Waals surface area contributed by atoms with Gasteiger partial charge in [0, 0.05) is 7.05 Å². The highest BCUT2D eigenvalue weighted by molar-refractivity contribution is 5.99. The second-order valence-corrected chi connectivity index (χ2v) is 6.75. The summed E-state index contributed by atoms with van der Waals surface area (Å²) in [6.45, 7) is 4.84. The number of carbonyl (C=O) groups excluding carboxylic acids is 2. The number of amides is 1. The lowest BCUT2D eigenvalue weighted by atomic mass is 9.98. The molecule has 0 spiro atoms. The van der Waals surface area contributed by atoms with Crippen molar-refractivity contribution < 1.29 is 23.5 Å². The topological polar surface area (TPSA) is 99.5 Å². The minimum absolute atomic E-state index is 0.0360. The van der Waals surface area contributed by atoms with Gasteiger partial charge in [-0.05, 0) is 50.1 Å². The van der Waals surface area contributed by atoms with E-state index in [1.165, 1.54) is 25.2 Å². The van der Waals surface area contributed by atoms with Gasteiger partial charge in [0.1, 0.15) is 5.82 Å². The molecule has 0 aliphatic rings. The second-order valence-electron chi connectivity index (χ2n) is 6.75. The summed E-state index contributed by atoms with van der Waals surface area (Å²) in [5.41, 5.74) is 0.898. The fourth-order valence-corrected chi connectivity index (χ4v) is 3.44. The maximum absolute atomic E-state index is 14.6. The van der Waals surface area contributed by atoms with Crippen LogP contribution in [0.15, 0.2) is 35.1 Å². The van der Waals surface area contributed by atoms with Crippen LogP contribution < -0.4 is 10.9 Å². The third-order valence-corrected chi connectivity index (χ3v) is 4.79. The van der Waals surface area contributed by atoms with Crippen molar-refractivity contribution in [3.63, 3.8) is 0 Å². The number of rotatable bonds is 5. The number of para-hydroxylation sites is 1. The molecule has 3 aromatic rings. The first-order chi connectivity index (χ1) is 14.8. The Balaban J connectivity index is 2.35. The highest BCUT2D eigenvalue weighted by Gasteiger charge is 2.23. The maximum Gasteiger partial charge on any atom is 0.407 e. The van der Waals surface area contributed by atoms with E-state index >= 15 is 0 Å². The summed E-state index contributed by atoms with van der Waals surface area (Å²) < 4.78 is 25.8. The first kappa shape index (κ1) is 21.9. The SMILES string of the molecule is CCOC(=O)c1c(C)cc2nc(COC(=O)NC)n(-c3ccccc3F)c(=O)c2c1C. The Bertz CT molecular complexity index is 1240. The third-order valence-electron chi connectivity index (χ3n) is 4.79.